The zero-order valence-corrected chi connectivity index (χ0v) is 18.5. The molecule has 164 valence electrons. The van der Waals surface area contributed by atoms with Crippen LogP contribution in [0.5, 0.6) is 0 Å². The highest BCUT2D eigenvalue weighted by Crippen LogP contribution is 2.19. The van der Waals surface area contributed by atoms with E-state index in [1.807, 2.05) is 52.8 Å². The van der Waals surface area contributed by atoms with Crippen LogP contribution in [0.2, 0.25) is 0 Å². The molecule has 1 rings (SSSR count). The lowest BCUT2D eigenvalue weighted by atomic mass is 10.1. The van der Waals surface area contributed by atoms with Crippen LogP contribution in [0.3, 0.4) is 0 Å². The van der Waals surface area contributed by atoms with Crippen LogP contribution in [-0.4, -0.2) is 62.8 Å². The van der Waals surface area contributed by atoms with Crippen LogP contribution in [-0.2, 0) is 4.74 Å². The van der Waals surface area contributed by atoms with Gasteiger partial charge in [-0.05, 0) is 65.9 Å². The number of carbonyl (C=O) groups excluding carboxylic acids is 1. The molecule has 1 atom stereocenters. The quantitative estimate of drug-likeness (QED) is 0.332. The van der Waals surface area contributed by atoms with Crippen LogP contribution in [0.4, 0.5) is 9.18 Å². The van der Waals surface area contributed by atoms with E-state index >= 15 is 0 Å². The number of benzene rings is 1. The third kappa shape index (κ3) is 10.7. The fourth-order valence-electron chi connectivity index (χ4n) is 2.60. The van der Waals surface area contributed by atoms with E-state index in [0.717, 1.165) is 18.5 Å². The van der Waals surface area contributed by atoms with E-state index in [1.165, 1.54) is 6.07 Å². The number of guanidine groups is 1. The van der Waals surface area contributed by atoms with Crippen molar-refractivity contribution in [2.75, 3.05) is 40.3 Å². The van der Waals surface area contributed by atoms with Gasteiger partial charge < -0.3 is 25.6 Å². The maximum atomic E-state index is 13.6. The molecule has 7 nitrogen and oxygen atoms in total. The maximum Gasteiger partial charge on any atom is 0.407 e. The number of halogens is 1. The van der Waals surface area contributed by atoms with Crippen molar-refractivity contribution >= 4 is 12.1 Å². The van der Waals surface area contributed by atoms with Gasteiger partial charge >= 0.3 is 6.09 Å². The zero-order chi connectivity index (χ0) is 21.9. The average molecular weight is 410 g/mol. The lowest BCUT2D eigenvalue weighted by molar-refractivity contribution is 0.0527. The Bertz CT molecular complexity index is 659. The van der Waals surface area contributed by atoms with Crippen LogP contribution in [0, 0.1) is 5.82 Å². The standard InChI is InChI=1S/C21H36FN5O2/c1-7-23-19(24-12-9-13-25-20(28)29-21(2,3)4)26-15-18(27(5)6)16-10-8-11-17(22)14-16/h8,10-11,14,18H,7,9,12-13,15H2,1-6H3,(H,25,28)(H2,23,24,26). The predicted molar refractivity (Wildman–Crippen MR) is 116 cm³/mol. The van der Waals surface area contributed by atoms with Crippen LogP contribution in [0.25, 0.3) is 0 Å². The van der Waals surface area contributed by atoms with E-state index in [1.54, 1.807) is 12.1 Å². The Kier molecular flexibility index (Phi) is 10.4. The van der Waals surface area contributed by atoms with Gasteiger partial charge in [0.15, 0.2) is 5.96 Å². The first kappa shape index (κ1) is 24.7. The second-order valence-corrected chi connectivity index (χ2v) is 7.96. The van der Waals surface area contributed by atoms with Gasteiger partial charge in [0, 0.05) is 19.6 Å². The second-order valence-electron chi connectivity index (χ2n) is 7.96. The summed E-state index contributed by atoms with van der Waals surface area (Å²) in [4.78, 5) is 18.3. The fraction of sp³-hybridized carbons (Fsp3) is 0.619. The van der Waals surface area contributed by atoms with Gasteiger partial charge in [0.2, 0.25) is 0 Å². The minimum atomic E-state index is -0.502. The number of carbonyl (C=O) groups is 1. The molecule has 0 saturated carbocycles. The molecule has 1 amide bonds. The normalized spacial score (nSPS) is 13.2. The number of hydrogen-bond donors (Lipinski definition) is 3. The van der Waals surface area contributed by atoms with Crippen LogP contribution >= 0.6 is 0 Å². The molecule has 0 saturated heterocycles. The lowest BCUT2D eigenvalue weighted by Crippen LogP contribution is -2.40. The summed E-state index contributed by atoms with van der Waals surface area (Å²) in [6.07, 6.45) is 0.312. The Morgan fingerprint density at radius 3 is 2.48 bits per heavy atom. The van der Waals surface area contributed by atoms with Crippen LogP contribution in [0.1, 0.15) is 45.7 Å². The number of amides is 1. The van der Waals surface area contributed by atoms with Crippen LogP contribution < -0.4 is 16.0 Å². The molecule has 0 radical (unpaired) electrons. The van der Waals surface area contributed by atoms with Gasteiger partial charge in [-0.3, -0.25) is 4.99 Å². The van der Waals surface area contributed by atoms with E-state index in [-0.39, 0.29) is 11.9 Å². The number of nitrogens with zero attached hydrogens (tertiary/aromatic N) is 2. The molecule has 0 aliphatic heterocycles. The van der Waals surface area contributed by atoms with E-state index < -0.39 is 11.7 Å². The molecule has 0 heterocycles. The monoisotopic (exact) mass is 409 g/mol. The molecule has 1 aromatic rings. The van der Waals surface area contributed by atoms with Crippen molar-refractivity contribution in [2.45, 2.75) is 45.8 Å². The van der Waals surface area contributed by atoms with Crippen LogP contribution in [0.15, 0.2) is 29.3 Å². The minimum Gasteiger partial charge on any atom is -0.444 e. The van der Waals surface area contributed by atoms with Crippen molar-refractivity contribution in [3.05, 3.63) is 35.6 Å². The summed E-state index contributed by atoms with van der Waals surface area (Å²) in [6, 6.07) is 6.58. The van der Waals surface area contributed by atoms with Gasteiger partial charge in [-0.15, -0.1) is 0 Å². The van der Waals surface area contributed by atoms with E-state index in [0.29, 0.717) is 25.6 Å². The van der Waals surface area contributed by atoms with Crippen molar-refractivity contribution in [1.82, 2.24) is 20.9 Å². The van der Waals surface area contributed by atoms with Crippen molar-refractivity contribution in [1.29, 1.82) is 0 Å². The Balaban J connectivity index is 2.53. The van der Waals surface area contributed by atoms with Crippen molar-refractivity contribution in [2.24, 2.45) is 4.99 Å². The summed E-state index contributed by atoms with van der Waals surface area (Å²) in [5.41, 5.74) is 0.383. The van der Waals surface area contributed by atoms with Crippen molar-refractivity contribution < 1.29 is 13.9 Å². The molecule has 29 heavy (non-hydrogen) atoms. The molecular formula is C21H36FN5O2. The van der Waals surface area contributed by atoms with E-state index in [4.69, 9.17) is 4.74 Å². The third-order valence-corrected chi connectivity index (χ3v) is 3.94. The summed E-state index contributed by atoms with van der Waals surface area (Å²) in [7, 11) is 3.90. The second kappa shape index (κ2) is 12.3. The molecule has 3 N–H and O–H groups in total. The predicted octanol–water partition coefficient (Wildman–Crippen LogP) is 2.90. The van der Waals surface area contributed by atoms with Gasteiger partial charge in [0.1, 0.15) is 11.4 Å². The smallest absolute Gasteiger partial charge is 0.407 e. The van der Waals surface area contributed by atoms with Gasteiger partial charge in [0.05, 0.1) is 12.6 Å². The molecule has 0 fully saturated rings. The maximum absolute atomic E-state index is 13.6. The van der Waals surface area contributed by atoms with Crippen molar-refractivity contribution in [3.8, 4) is 0 Å². The highest BCUT2D eigenvalue weighted by molar-refractivity contribution is 5.79. The molecule has 1 unspecified atom stereocenters. The Morgan fingerprint density at radius 1 is 1.21 bits per heavy atom. The third-order valence-electron chi connectivity index (χ3n) is 3.94. The first-order valence-corrected chi connectivity index (χ1v) is 10.0. The van der Waals surface area contributed by atoms with E-state index in [2.05, 4.69) is 20.9 Å². The first-order chi connectivity index (χ1) is 13.6. The molecule has 0 aliphatic carbocycles. The summed E-state index contributed by atoms with van der Waals surface area (Å²) in [6.45, 7) is 9.86. The van der Waals surface area contributed by atoms with Gasteiger partial charge in [-0.1, -0.05) is 12.1 Å². The molecule has 0 aliphatic rings. The Labute approximate surface area is 174 Å². The number of hydrogen-bond acceptors (Lipinski definition) is 4. The fourth-order valence-corrected chi connectivity index (χ4v) is 2.60. The zero-order valence-electron chi connectivity index (χ0n) is 18.5. The number of aliphatic imine (C=N–C) groups is 1. The average Bonchev–Trinajstić information content (AvgIpc) is 2.59. The number of nitrogens with one attached hydrogen (secondary N) is 3. The number of likely N-dealkylation sites (N-methyl/N-ethyl adjacent to an activating group) is 1. The highest BCUT2D eigenvalue weighted by atomic mass is 19.1. The van der Waals surface area contributed by atoms with Gasteiger partial charge in [-0.2, -0.15) is 0 Å². The summed E-state index contributed by atoms with van der Waals surface area (Å²) in [5.74, 6) is 0.439. The lowest BCUT2D eigenvalue weighted by Gasteiger charge is -2.24. The molecular weight excluding hydrogens is 373 g/mol. The van der Waals surface area contributed by atoms with E-state index in [9.17, 15) is 9.18 Å². The summed E-state index contributed by atoms with van der Waals surface area (Å²) >= 11 is 0. The molecule has 0 spiro atoms. The topological polar surface area (TPSA) is 78.0 Å². The number of ether oxygens (including phenoxy) is 1. The SMILES string of the molecule is CCNC(=NCC(c1cccc(F)c1)N(C)C)NCCCNC(=O)OC(C)(C)C. The summed E-state index contributed by atoms with van der Waals surface area (Å²) in [5, 5.41) is 9.19. The van der Waals surface area contributed by atoms with Gasteiger partial charge in [-0.25, -0.2) is 9.18 Å². The molecule has 0 aromatic heterocycles. The largest absolute Gasteiger partial charge is 0.444 e. The van der Waals surface area contributed by atoms with Crippen molar-refractivity contribution in [3.63, 3.8) is 0 Å². The highest BCUT2D eigenvalue weighted by Gasteiger charge is 2.16. The molecule has 1 aromatic carbocycles. The molecule has 8 heteroatoms. The Morgan fingerprint density at radius 2 is 1.90 bits per heavy atom. The minimum absolute atomic E-state index is 0.0324. The Hall–Kier alpha value is -2.35. The first-order valence-electron chi connectivity index (χ1n) is 10.0. The molecule has 0 bridgehead atoms. The van der Waals surface area contributed by atoms with Gasteiger partial charge in [0.25, 0.3) is 0 Å². The number of rotatable bonds is 9. The summed E-state index contributed by atoms with van der Waals surface area (Å²) < 4.78 is 18.8. The number of alkyl carbamates (subject to hydrolysis) is 1.